The summed E-state index contributed by atoms with van der Waals surface area (Å²) in [7, 11) is 0. The normalized spacial score (nSPS) is 11.3. The summed E-state index contributed by atoms with van der Waals surface area (Å²) in [4.78, 5) is 4.67. The first-order chi connectivity index (χ1) is 7.52. The molecule has 0 amide bonds. The van der Waals surface area contributed by atoms with Crippen molar-refractivity contribution in [1.82, 2.24) is 4.98 Å². The van der Waals surface area contributed by atoms with Crippen molar-refractivity contribution in [3.8, 4) is 0 Å². The van der Waals surface area contributed by atoms with Gasteiger partial charge >= 0.3 is 0 Å². The first-order valence-corrected chi connectivity index (χ1v) is 6.44. The van der Waals surface area contributed by atoms with Crippen LogP contribution in [0.2, 0.25) is 0 Å². The minimum atomic E-state index is 0.412. The second-order valence-electron chi connectivity index (χ2n) is 4.32. The highest BCUT2D eigenvalue weighted by Gasteiger charge is 2.13. The molecule has 1 aromatic carbocycles. The average Bonchev–Trinajstić information content (AvgIpc) is 2.19. The Kier molecular flexibility index (Phi) is 3.06. The van der Waals surface area contributed by atoms with Gasteiger partial charge in [-0.05, 0) is 47.1 Å². The van der Waals surface area contributed by atoms with Gasteiger partial charge in [0, 0.05) is 20.3 Å². The largest absolute Gasteiger partial charge is 0.398 e. The van der Waals surface area contributed by atoms with Crippen molar-refractivity contribution in [3.63, 3.8) is 0 Å². The third-order valence-electron chi connectivity index (χ3n) is 2.81. The molecule has 1 aromatic heterocycles. The number of fused-ring (bicyclic) bond motifs is 1. The van der Waals surface area contributed by atoms with Gasteiger partial charge in [-0.1, -0.05) is 26.0 Å². The highest BCUT2D eigenvalue weighted by Crippen LogP contribution is 2.32. The van der Waals surface area contributed by atoms with Crippen LogP contribution in [-0.4, -0.2) is 4.98 Å². The lowest BCUT2D eigenvalue weighted by Crippen LogP contribution is -2.03. The summed E-state index contributed by atoms with van der Waals surface area (Å²) in [5.74, 6) is 0.412. The van der Waals surface area contributed by atoms with Crippen molar-refractivity contribution in [1.29, 1.82) is 0 Å². The molecule has 2 aromatic rings. The van der Waals surface area contributed by atoms with Crippen molar-refractivity contribution in [2.45, 2.75) is 26.7 Å². The Morgan fingerprint density at radius 1 is 1.31 bits per heavy atom. The molecule has 1 heterocycles. The summed E-state index contributed by atoms with van der Waals surface area (Å²) in [6.07, 6.45) is 0. The fourth-order valence-electron chi connectivity index (χ4n) is 2.14. The van der Waals surface area contributed by atoms with Gasteiger partial charge in [0.25, 0.3) is 0 Å². The zero-order chi connectivity index (χ0) is 11.9. The van der Waals surface area contributed by atoms with Crippen LogP contribution in [0.15, 0.2) is 18.2 Å². The maximum Gasteiger partial charge on any atom is 0.0859 e. The molecule has 0 fully saturated rings. The minimum absolute atomic E-state index is 0.412. The van der Waals surface area contributed by atoms with E-state index in [0.717, 1.165) is 25.9 Å². The molecule has 16 heavy (non-hydrogen) atoms. The van der Waals surface area contributed by atoms with Crippen LogP contribution in [0.1, 0.15) is 31.0 Å². The fraction of sp³-hybridized carbons (Fsp3) is 0.308. The number of pyridine rings is 1. The van der Waals surface area contributed by atoms with Gasteiger partial charge in [-0.3, -0.25) is 4.98 Å². The predicted octanol–water partition coefficient (Wildman–Crippen LogP) is 3.85. The first kappa shape index (κ1) is 11.6. The van der Waals surface area contributed by atoms with Crippen molar-refractivity contribution in [2.75, 3.05) is 5.73 Å². The number of halogens is 1. The average molecular weight is 326 g/mol. The summed E-state index contributed by atoms with van der Waals surface area (Å²) < 4.78 is 1.15. The van der Waals surface area contributed by atoms with Gasteiger partial charge in [-0.25, -0.2) is 0 Å². The Balaban J connectivity index is 2.89. The maximum atomic E-state index is 6.25. The number of nitrogen functional groups attached to an aromatic ring is 1. The minimum Gasteiger partial charge on any atom is -0.398 e. The summed E-state index contributed by atoms with van der Waals surface area (Å²) in [6, 6.07) is 6.14. The number of anilines is 1. The molecule has 0 aliphatic carbocycles. The number of para-hydroxylation sites is 1. The second kappa shape index (κ2) is 4.20. The molecule has 0 aliphatic heterocycles. The van der Waals surface area contributed by atoms with Gasteiger partial charge in [0.1, 0.15) is 0 Å². The van der Waals surface area contributed by atoms with E-state index in [2.05, 4.69) is 47.5 Å². The van der Waals surface area contributed by atoms with E-state index in [0.29, 0.717) is 5.92 Å². The molecule has 2 nitrogen and oxygen atoms in total. The third-order valence-corrected chi connectivity index (χ3v) is 3.68. The number of aryl methyl sites for hydroxylation is 1. The van der Waals surface area contributed by atoms with E-state index in [1.165, 1.54) is 5.56 Å². The van der Waals surface area contributed by atoms with E-state index < -0.39 is 0 Å². The van der Waals surface area contributed by atoms with Crippen molar-refractivity contribution < 1.29 is 0 Å². The number of hydrogen-bond acceptors (Lipinski definition) is 2. The summed E-state index contributed by atoms with van der Waals surface area (Å²) >= 11 is 2.30. The summed E-state index contributed by atoms with van der Waals surface area (Å²) in [5, 5.41) is 1.07. The lowest BCUT2D eigenvalue weighted by Gasteiger charge is -2.15. The maximum absolute atomic E-state index is 6.25. The van der Waals surface area contributed by atoms with Gasteiger partial charge in [0.05, 0.1) is 5.52 Å². The summed E-state index contributed by atoms with van der Waals surface area (Å²) in [5.41, 5.74) is 10.4. The molecule has 2 rings (SSSR count). The number of aromatic nitrogens is 1. The van der Waals surface area contributed by atoms with Gasteiger partial charge in [0.15, 0.2) is 0 Å². The van der Waals surface area contributed by atoms with Crippen LogP contribution in [-0.2, 0) is 0 Å². The Hall–Kier alpha value is -0.840. The smallest absolute Gasteiger partial charge is 0.0859 e. The molecule has 0 spiro atoms. The van der Waals surface area contributed by atoms with Gasteiger partial charge in [-0.2, -0.15) is 0 Å². The Morgan fingerprint density at radius 2 is 2.00 bits per heavy atom. The lowest BCUT2D eigenvalue weighted by molar-refractivity contribution is 0.851. The van der Waals surface area contributed by atoms with Crippen LogP contribution in [0.3, 0.4) is 0 Å². The second-order valence-corrected chi connectivity index (χ2v) is 5.48. The molecule has 3 heteroatoms. The van der Waals surface area contributed by atoms with Crippen LogP contribution in [0.4, 0.5) is 5.69 Å². The lowest BCUT2D eigenvalue weighted by atomic mass is 9.97. The molecule has 0 bridgehead atoms. The topological polar surface area (TPSA) is 38.9 Å². The molecule has 0 aliphatic rings. The van der Waals surface area contributed by atoms with Crippen LogP contribution in [0.5, 0.6) is 0 Å². The van der Waals surface area contributed by atoms with Crippen molar-refractivity contribution >= 4 is 39.2 Å². The van der Waals surface area contributed by atoms with Crippen LogP contribution >= 0.6 is 22.6 Å². The van der Waals surface area contributed by atoms with Crippen LogP contribution < -0.4 is 5.73 Å². The van der Waals surface area contributed by atoms with Crippen molar-refractivity contribution in [3.05, 3.63) is 33.0 Å². The number of hydrogen-bond donors (Lipinski definition) is 1. The fourth-order valence-corrected chi connectivity index (χ4v) is 2.76. The zero-order valence-corrected chi connectivity index (χ0v) is 11.9. The van der Waals surface area contributed by atoms with E-state index in [4.69, 9.17) is 5.73 Å². The number of rotatable bonds is 1. The summed E-state index contributed by atoms with van der Waals surface area (Å²) in [6.45, 7) is 6.34. The van der Waals surface area contributed by atoms with Crippen molar-refractivity contribution in [2.24, 2.45) is 0 Å². The predicted molar refractivity (Wildman–Crippen MR) is 77.7 cm³/mol. The van der Waals surface area contributed by atoms with Crippen LogP contribution in [0.25, 0.3) is 10.9 Å². The number of nitrogens with zero attached hydrogens (tertiary/aromatic N) is 1. The molecule has 0 saturated heterocycles. The highest BCUT2D eigenvalue weighted by molar-refractivity contribution is 14.1. The zero-order valence-electron chi connectivity index (χ0n) is 9.71. The molecular weight excluding hydrogens is 311 g/mol. The monoisotopic (exact) mass is 326 g/mol. The number of benzene rings is 1. The molecule has 0 atom stereocenters. The molecular formula is C13H15IN2. The molecule has 84 valence electrons. The highest BCUT2D eigenvalue weighted by atomic mass is 127. The molecule has 0 saturated carbocycles. The quantitative estimate of drug-likeness (QED) is 0.809. The van der Waals surface area contributed by atoms with E-state index in [9.17, 15) is 0 Å². The number of nitrogens with two attached hydrogens (primary N) is 1. The SMILES string of the molecule is Cc1nc2c(I)cccc2c(N)c1C(C)C. The van der Waals surface area contributed by atoms with Gasteiger partial charge < -0.3 is 5.73 Å². The van der Waals surface area contributed by atoms with E-state index in [1.807, 2.05) is 19.1 Å². The first-order valence-electron chi connectivity index (χ1n) is 5.36. The molecule has 0 radical (unpaired) electrons. The van der Waals surface area contributed by atoms with Crippen LogP contribution in [0, 0.1) is 10.5 Å². The van der Waals surface area contributed by atoms with E-state index in [-0.39, 0.29) is 0 Å². The Bertz CT molecular complexity index is 547. The van der Waals surface area contributed by atoms with E-state index >= 15 is 0 Å². The Labute approximate surface area is 109 Å². The third kappa shape index (κ3) is 1.77. The van der Waals surface area contributed by atoms with E-state index in [1.54, 1.807) is 0 Å². The molecule has 2 N–H and O–H groups in total. The Morgan fingerprint density at radius 3 is 2.62 bits per heavy atom. The molecule has 0 unspecified atom stereocenters. The standard InChI is InChI=1S/C13H15IN2/c1-7(2)11-8(3)16-13-9(12(11)15)5-4-6-10(13)14/h4-7H,1-3H3,(H2,15,16). The van der Waals surface area contributed by atoms with Gasteiger partial charge in [-0.15, -0.1) is 0 Å². The van der Waals surface area contributed by atoms with Gasteiger partial charge in [0.2, 0.25) is 0 Å².